The zero-order valence-corrected chi connectivity index (χ0v) is 10.1. The number of rotatable bonds is 6. The van der Waals surface area contributed by atoms with Crippen molar-refractivity contribution in [2.45, 2.75) is 18.9 Å². The summed E-state index contributed by atoms with van der Waals surface area (Å²) in [4.78, 5) is 14.6. The second-order valence-corrected chi connectivity index (χ2v) is 5.03. The Labute approximate surface area is 93.9 Å². The molecule has 0 amide bonds. The third-order valence-electron chi connectivity index (χ3n) is 1.46. The van der Waals surface area contributed by atoms with E-state index in [-0.39, 0.29) is 18.9 Å². The summed E-state index contributed by atoms with van der Waals surface area (Å²) in [5.74, 6) is -1.28. The Morgan fingerprint density at radius 3 is 2.44 bits per heavy atom. The van der Waals surface area contributed by atoms with Crippen LogP contribution in [0.15, 0.2) is 4.99 Å². The van der Waals surface area contributed by atoms with Gasteiger partial charge in [0.05, 0.1) is 0 Å². The van der Waals surface area contributed by atoms with E-state index in [1.165, 1.54) is 0 Å². The molecule has 16 heavy (non-hydrogen) atoms. The van der Waals surface area contributed by atoms with Crippen LogP contribution in [0.3, 0.4) is 0 Å². The average molecular weight is 301 g/mol. The van der Waals surface area contributed by atoms with Crippen molar-refractivity contribution in [3.63, 3.8) is 0 Å². The normalized spacial score (nSPS) is 12.9. The molecule has 0 radical (unpaired) electrons. The van der Waals surface area contributed by atoms with Gasteiger partial charge in [-0.3, -0.25) is 0 Å². The van der Waals surface area contributed by atoms with Gasteiger partial charge in [0.1, 0.15) is 0 Å². The first-order valence-corrected chi connectivity index (χ1v) is 7.10. The van der Waals surface area contributed by atoms with Gasteiger partial charge in [-0.1, -0.05) is 0 Å². The molecule has 94 valence electrons. The predicted molar refractivity (Wildman–Crippen MR) is 53.3 cm³/mol. The summed E-state index contributed by atoms with van der Waals surface area (Å²) in [7, 11) is 0. The Morgan fingerprint density at radius 2 is 2.00 bits per heavy atom. The summed E-state index contributed by atoms with van der Waals surface area (Å²) >= 11 is -5.51. The molecule has 0 aliphatic carbocycles. The number of nitrogens with two attached hydrogens (primary N) is 3. The Kier molecular flexibility index (Phi) is 5.89. The maximum atomic E-state index is 10.9. The minimum absolute atomic E-state index is 0.0852. The van der Waals surface area contributed by atoms with Crippen LogP contribution in [0.4, 0.5) is 0 Å². The van der Waals surface area contributed by atoms with E-state index in [2.05, 4.69) is 8.81 Å². The van der Waals surface area contributed by atoms with Crippen molar-refractivity contribution in [3.8, 4) is 0 Å². The van der Waals surface area contributed by atoms with Gasteiger partial charge in [-0.2, -0.15) is 0 Å². The number of nitrogens with zero attached hydrogens (tertiary/aromatic N) is 1. The van der Waals surface area contributed by atoms with Crippen LogP contribution in [-0.2, 0) is 16.3 Å². The summed E-state index contributed by atoms with van der Waals surface area (Å²) in [6.45, 7) is 0.265. The van der Waals surface area contributed by atoms with Crippen LogP contribution in [0.25, 0.3) is 0 Å². The molecule has 0 saturated heterocycles. The summed E-state index contributed by atoms with van der Waals surface area (Å²) in [6, 6.07) is -1.14. The number of carbonyl (C=O) groups excluding carboxylic acids is 1. The van der Waals surface area contributed by atoms with Gasteiger partial charge < -0.3 is 0 Å². The second-order valence-electron chi connectivity index (χ2n) is 2.89. The number of hydrogen-bond acceptors (Lipinski definition) is 6. The van der Waals surface area contributed by atoms with Crippen molar-refractivity contribution in [1.29, 1.82) is 0 Å². The first-order chi connectivity index (χ1) is 7.22. The van der Waals surface area contributed by atoms with Crippen LogP contribution < -0.4 is 17.2 Å². The molecule has 9 nitrogen and oxygen atoms in total. The van der Waals surface area contributed by atoms with Gasteiger partial charge in [-0.05, 0) is 0 Å². The SMILES string of the molecule is NC(N)=NCCC[C@H](N)C(=O)O[Se](=O)(=O)O. The topological polar surface area (TPSA) is 171 Å². The Balaban J connectivity index is 3.94. The molecule has 0 aliphatic heterocycles. The van der Waals surface area contributed by atoms with E-state index in [1.54, 1.807) is 0 Å². The van der Waals surface area contributed by atoms with Crippen molar-refractivity contribution in [3.05, 3.63) is 0 Å². The fourth-order valence-electron chi connectivity index (χ4n) is 0.803. The van der Waals surface area contributed by atoms with Gasteiger partial charge >= 0.3 is 93.4 Å². The molecule has 1 atom stereocenters. The Bertz CT molecular complexity index is 361. The molecule has 0 saturated carbocycles. The molecule has 0 aromatic carbocycles. The first-order valence-electron chi connectivity index (χ1n) is 4.24. The molecular weight excluding hydrogens is 287 g/mol. The fourth-order valence-corrected chi connectivity index (χ4v) is 1.50. The average Bonchev–Trinajstić information content (AvgIpc) is 2.08. The van der Waals surface area contributed by atoms with Crippen LogP contribution in [0.2, 0.25) is 0 Å². The van der Waals surface area contributed by atoms with Crippen molar-refractivity contribution in [2.24, 2.45) is 22.2 Å². The molecule has 0 aliphatic rings. The molecule has 0 bridgehead atoms. The standard InChI is InChI=1S/C6H14N4O5Se/c7-4(2-1-3-10-6(8)9)5(11)15-16(12,13)14/h4H,1-3,7H2,(H4,8,9,10)(H,12,13,14)/t4-/m0/s1. The van der Waals surface area contributed by atoms with E-state index in [0.717, 1.165) is 0 Å². The van der Waals surface area contributed by atoms with Crippen LogP contribution in [0.5, 0.6) is 0 Å². The van der Waals surface area contributed by atoms with Crippen LogP contribution in [0.1, 0.15) is 12.8 Å². The Morgan fingerprint density at radius 1 is 1.44 bits per heavy atom. The number of carbonyl (C=O) groups is 1. The number of aliphatic imine (C=N–C) groups is 1. The molecule has 10 heteroatoms. The van der Waals surface area contributed by atoms with Crippen molar-refractivity contribution >= 4 is 25.3 Å². The van der Waals surface area contributed by atoms with Gasteiger partial charge in [0.25, 0.3) is 0 Å². The van der Waals surface area contributed by atoms with Gasteiger partial charge in [0.2, 0.25) is 0 Å². The molecule has 0 fully saturated rings. The zero-order valence-electron chi connectivity index (χ0n) is 8.37. The molecule has 0 rings (SSSR count). The van der Waals surface area contributed by atoms with E-state index >= 15 is 0 Å². The van der Waals surface area contributed by atoms with Crippen molar-refractivity contribution in [1.82, 2.24) is 0 Å². The van der Waals surface area contributed by atoms with Crippen LogP contribution >= 0.6 is 0 Å². The molecule has 0 unspecified atom stereocenters. The molecule has 7 N–H and O–H groups in total. The zero-order chi connectivity index (χ0) is 12.8. The van der Waals surface area contributed by atoms with E-state index in [1.807, 2.05) is 0 Å². The third-order valence-corrected chi connectivity index (χ3v) is 2.24. The van der Waals surface area contributed by atoms with Gasteiger partial charge in [-0.15, -0.1) is 0 Å². The van der Waals surface area contributed by atoms with Crippen molar-refractivity contribution < 1.29 is 20.5 Å². The quantitative estimate of drug-likeness (QED) is 0.176. The monoisotopic (exact) mass is 302 g/mol. The Hall–Kier alpha value is -1.22. The first kappa shape index (κ1) is 14.8. The maximum absolute atomic E-state index is 10.9. The van der Waals surface area contributed by atoms with Crippen molar-refractivity contribution in [2.75, 3.05) is 6.54 Å². The third kappa shape index (κ3) is 8.12. The summed E-state index contributed by atoms with van der Waals surface area (Å²) < 4.78 is 32.5. The van der Waals surface area contributed by atoms with Gasteiger partial charge in [0, 0.05) is 0 Å². The minimum atomic E-state index is -5.51. The number of hydrogen-bond donors (Lipinski definition) is 4. The van der Waals surface area contributed by atoms with Crippen LogP contribution in [-0.4, -0.2) is 42.1 Å². The van der Waals surface area contributed by atoms with Gasteiger partial charge in [-0.25, -0.2) is 0 Å². The molecule has 0 aromatic heterocycles. The van der Waals surface area contributed by atoms with E-state index in [0.29, 0.717) is 6.42 Å². The number of guanidine groups is 1. The summed E-state index contributed by atoms with van der Waals surface area (Å²) in [5.41, 5.74) is 15.4. The van der Waals surface area contributed by atoms with E-state index < -0.39 is 25.4 Å². The second kappa shape index (κ2) is 6.38. The predicted octanol–water partition coefficient (Wildman–Crippen LogP) is -2.80. The van der Waals surface area contributed by atoms with E-state index in [9.17, 15) is 12.5 Å². The van der Waals surface area contributed by atoms with E-state index in [4.69, 9.17) is 21.4 Å². The molecular formula is C6H14N4O5Se. The van der Waals surface area contributed by atoms with Crippen LogP contribution in [0, 0.1) is 0 Å². The molecule has 0 spiro atoms. The summed E-state index contributed by atoms with van der Waals surface area (Å²) in [6.07, 6.45) is 0.525. The molecule has 0 aromatic rings. The fraction of sp³-hybridized carbons (Fsp3) is 0.667. The molecule has 0 heterocycles. The summed E-state index contributed by atoms with van der Waals surface area (Å²) in [5, 5.41) is 0. The van der Waals surface area contributed by atoms with Gasteiger partial charge in [0.15, 0.2) is 0 Å².